The summed E-state index contributed by atoms with van der Waals surface area (Å²) in [5, 5.41) is 15.3. The maximum Gasteiger partial charge on any atom is 0.345 e. The molecule has 0 amide bonds. The monoisotopic (exact) mass is 304 g/mol. The van der Waals surface area contributed by atoms with Gasteiger partial charge in [-0.05, 0) is 31.7 Å². The SMILES string of the molecule is O=C(O)c1cc2c(C3CC3)nn(C3CCCCCC3)c2s1. The fraction of sp³-hybridized carbons (Fsp3) is 0.625. The fourth-order valence-corrected chi connectivity index (χ4v) is 4.49. The van der Waals surface area contributed by atoms with E-state index in [1.807, 2.05) is 6.07 Å². The molecule has 4 nitrogen and oxygen atoms in total. The zero-order valence-corrected chi connectivity index (χ0v) is 12.9. The molecule has 0 bridgehead atoms. The lowest BCUT2D eigenvalue weighted by atomic mass is 10.1. The molecule has 2 aliphatic rings. The van der Waals surface area contributed by atoms with Gasteiger partial charge in [0.2, 0.25) is 0 Å². The number of thiophene rings is 1. The van der Waals surface area contributed by atoms with Crippen LogP contribution in [0.15, 0.2) is 6.07 Å². The molecule has 0 aromatic carbocycles. The molecular formula is C16H20N2O2S. The van der Waals surface area contributed by atoms with Crippen molar-refractivity contribution < 1.29 is 9.90 Å². The van der Waals surface area contributed by atoms with Crippen LogP contribution in [0.4, 0.5) is 0 Å². The van der Waals surface area contributed by atoms with E-state index in [9.17, 15) is 9.90 Å². The Morgan fingerprint density at radius 2 is 1.90 bits per heavy atom. The molecule has 2 aliphatic carbocycles. The average Bonchev–Trinajstić information content (AvgIpc) is 3.17. The van der Waals surface area contributed by atoms with Gasteiger partial charge in [-0.1, -0.05) is 25.7 Å². The number of aromatic carboxylic acids is 1. The summed E-state index contributed by atoms with van der Waals surface area (Å²) in [6, 6.07) is 2.30. The molecule has 2 aromatic rings. The molecule has 21 heavy (non-hydrogen) atoms. The Balaban J connectivity index is 1.81. The lowest BCUT2D eigenvalue weighted by molar-refractivity contribution is 0.0702. The number of carbonyl (C=O) groups is 1. The van der Waals surface area contributed by atoms with Crippen molar-refractivity contribution in [1.29, 1.82) is 0 Å². The van der Waals surface area contributed by atoms with Gasteiger partial charge in [0, 0.05) is 11.3 Å². The lowest BCUT2D eigenvalue weighted by Crippen LogP contribution is -2.09. The van der Waals surface area contributed by atoms with Crippen molar-refractivity contribution in [3.8, 4) is 0 Å². The number of hydrogen-bond acceptors (Lipinski definition) is 3. The Morgan fingerprint density at radius 3 is 2.52 bits per heavy atom. The van der Waals surface area contributed by atoms with Crippen LogP contribution < -0.4 is 0 Å². The molecule has 112 valence electrons. The van der Waals surface area contributed by atoms with Gasteiger partial charge >= 0.3 is 5.97 Å². The first kappa shape index (κ1) is 13.3. The molecule has 0 aliphatic heterocycles. The second-order valence-electron chi connectivity index (χ2n) is 6.38. The fourth-order valence-electron chi connectivity index (χ4n) is 3.46. The van der Waals surface area contributed by atoms with Crippen molar-refractivity contribution >= 4 is 27.5 Å². The molecule has 2 saturated carbocycles. The highest BCUT2D eigenvalue weighted by molar-refractivity contribution is 7.20. The summed E-state index contributed by atoms with van der Waals surface area (Å²) in [5.41, 5.74) is 1.15. The van der Waals surface area contributed by atoms with E-state index in [-0.39, 0.29) is 0 Å². The van der Waals surface area contributed by atoms with Crippen LogP contribution in [-0.4, -0.2) is 20.9 Å². The topological polar surface area (TPSA) is 55.1 Å². The van der Waals surface area contributed by atoms with Crippen LogP contribution in [0.5, 0.6) is 0 Å². The number of carboxylic acids is 1. The summed E-state index contributed by atoms with van der Waals surface area (Å²) in [4.78, 5) is 12.8. The smallest absolute Gasteiger partial charge is 0.345 e. The first-order valence-corrected chi connectivity index (χ1v) is 8.81. The lowest BCUT2D eigenvalue weighted by Gasteiger charge is -2.15. The van der Waals surface area contributed by atoms with Crippen LogP contribution in [-0.2, 0) is 0 Å². The minimum Gasteiger partial charge on any atom is -0.477 e. The van der Waals surface area contributed by atoms with Gasteiger partial charge in [0.1, 0.15) is 9.71 Å². The van der Waals surface area contributed by atoms with E-state index >= 15 is 0 Å². The van der Waals surface area contributed by atoms with Gasteiger partial charge in [0.05, 0.1) is 11.7 Å². The molecule has 0 atom stereocenters. The van der Waals surface area contributed by atoms with Crippen molar-refractivity contribution in [1.82, 2.24) is 9.78 Å². The molecule has 0 unspecified atom stereocenters. The third-order valence-electron chi connectivity index (χ3n) is 4.76. The van der Waals surface area contributed by atoms with Crippen LogP contribution in [0.1, 0.15) is 78.7 Å². The second-order valence-corrected chi connectivity index (χ2v) is 7.41. The molecule has 0 spiro atoms. The summed E-state index contributed by atoms with van der Waals surface area (Å²) in [6.45, 7) is 0. The average molecular weight is 304 g/mol. The predicted octanol–water partition coefficient (Wildman–Crippen LogP) is 4.57. The molecule has 4 rings (SSSR count). The number of rotatable bonds is 3. The van der Waals surface area contributed by atoms with E-state index in [1.54, 1.807) is 0 Å². The normalized spacial score (nSPS) is 20.8. The van der Waals surface area contributed by atoms with Gasteiger partial charge < -0.3 is 5.11 Å². The van der Waals surface area contributed by atoms with E-state index < -0.39 is 5.97 Å². The van der Waals surface area contributed by atoms with Crippen molar-refractivity contribution in [2.45, 2.75) is 63.3 Å². The van der Waals surface area contributed by atoms with Crippen molar-refractivity contribution in [3.05, 3.63) is 16.6 Å². The maximum atomic E-state index is 11.3. The molecule has 0 saturated heterocycles. The van der Waals surface area contributed by atoms with Crippen molar-refractivity contribution in [3.63, 3.8) is 0 Å². The zero-order valence-electron chi connectivity index (χ0n) is 12.0. The Morgan fingerprint density at radius 1 is 1.19 bits per heavy atom. The van der Waals surface area contributed by atoms with Crippen LogP contribution in [0.2, 0.25) is 0 Å². The van der Waals surface area contributed by atoms with E-state index in [0.717, 1.165) is 15.9 Å². The van der Waals surface area contributed by atoms with E-state index in [4.69, 9.17) is 5.10 Å². The van der Waals surface area contributed by atoms with Gasteiger partial charge in [0.25, 0.3) is 0 Å². The number of carboxylic acid groups (broad SMARTS) is 1. The first-order chi connectivity index (χ1) is 10.2. The third-order valence-corrected chi connectivity index (χ3v) is 5.87. The maximum absolute atomic E-state index is 11.3. The summed E-state index contributed by atoms with van der Waals surface area (Å²) in [7, 11) is 0. The van der Waals surface area contributed by atoms with E-state index in [2.05, 4.69) is 4.68 Å². The van der Waals surface area contributed by atoms with Crippen LogP contribution in [0.25, 0.3) is 10.2 Å². The van der Waals surface area contributed by atoms with Gasteiger partial charge in [-0.15, -0.1) is 11.3 Å². The minimum atomic E-state index is -0.814. The number of aromatic nitrogens is 2. The largest absolute Gasteiger partial charge is 0.477 e. The molecule has 5 heteroatoms. The molecular weight excluding hydrogens is 284 g/mol. The van der Waals surface area contributed by atoms with Gasteiger partial charge in [0.15, 0.2) is 0 Å². The highest BCUT2D eigenvalue weighted by Gasteiger charge is 2.32. The first-order valence-electron chi connectivity index (χ1n) is 7.99. The van der Waals surface area contributed by atoms with Gasteiger partial charge in [-0.3, -0.25) is 4.68 Å². The summed E-state index contributed by atoms with van der Waals surface area (Å²) in [6.07, 6.45) is 9.94. The highest BCUT2D eigenvalue weighted by Crippen LogP contribution is 2.45. The highest BCUT2D eigenvalue weighted by atomic mass is 32.1. The summed E-state index contributed by atoms with van der Waals surface area (Å²) in [5.74, 6) is -0.249. The third kappa shape index (κ3) is 2.37. The number of nitrogens with zero attached hydrogens (tertiary/aromatic N) is 2. The van der Waals surface area contributed by atoms with Gasteiger partial charge in [-0.25, -0.2) is 4.79 Å². The second kappa shape index (κ2) is 5.13. The molecule has 2 fully saturated rings. The van der Waals surface area contributed by atoms with Crippen molar-refractivity contribution in [2.24, 2.45) is 0 Å². The Bertz CT molecular complexity index is 676. The van der Waals surface area contributed by atoms with E-state index in [1.165, 1.54) is 62.7 Å². The molecule has 2 heterocycles. The Kier molecular flexibility index (Phi) is 3.25. The van der Waals surface area contributed by atoms with Crippen LogP contribution in [0, 0.1) is 0 Å². The van der Waals surface area contributed by atoms with Crippen molar-refractivity contribution in [2.75, 3.05) is 0 Å². The number of fused-ring (bicyclic) bond motifs is 1. The molecule has 0 radical (unpaired) electrons. The Labute approximate surface area is 127 Å². The zero-order chi connectivity index (χ0) is 14.4. The predicted molar refractivity (Wildman–Crippen MR) is 83.3 cm³/mol. The standard InChI is InChI=1S/C16H20N2O2S/c19-16(20)13-9-12-14(10-7-8-10)17-18(15(12)21-13)11-5-3-1-2-4-6-11/h9-11H,1-8H2,(H,19,20). The molecule has 2 aromatic heterocycles. The molecule has 1 N–H and O–H groups in total. The van der Waals surface area contributed by atoms with E-state index in [0.29, 0.717) is 16.8 Å². The van der Waals surface area contributed by atoms with Gasteiger partial charge in [-0.2, -0.15) is 5.10 Å². The summed E-state index contributed by atoms with van der Waals surface area (Å²) < 4.78 is 2.17. The number of hydrogen-bond donors (Lipinski definition) is 1. The Hall–Kier alpha value is -1.36. The minimum absolute atomic E-state index is 0.451. The van der Waals surface area contributed by atoms with Crippen LogP contribution in [0.3, 0.4) is 0 Å². The summed E-state index contributed by atoms with van der Waals surface area (Å²) >= 11 is 1.40. The van der Waals surface area contributed by atoms with Crippen LogP contribution >= 0.6 is 11.3 Å². The quantitative estimate of drug-likeness (QED) is 0.845.